The largest absolute Gasteiger partial charge is 0.466 e. The number of benzene rings is 2. The number of ether oxygens (including phenoxy) is 1. The molecule has 0 heterocycles. The number of carbonyl (C=O) groups excluding carboxylic acids is 1. The highest BCUT2D eigenvalue weighted by Crippen LogP contribution is 2.37. The van der Waals surface area contributed by atoms with E-state index in [0.717, 1.165) is 11.1 Å². The van der Waals surface area contributed by atoms with E-state index in [1.807, 2.05) is 31.2 Å². The van der Waals surface area contributed by atoms with Crippen molar-refractivity contribution in [2.75, 3.05) is 6.61 Å². The van der Waals surface area contributed by atoms with E-state index < -0.39 is 17.8 Å². The molecule has 0 bridgehead atoms. The molecule has 0 aliphatic rings. The summed E-state index contributed by atoms with van der Waals surface area (Å²) in [6.07, 6.45) is -0.123. The Labute approximate surface area is 152 Å². The standard InChI is InChI=1S/C18H19ClFNO2.ClH/c1-3-23-16(22)10-15(21)17-14(20)9-8-13(18(17)19)12-7-5-4-6-11(12)2;/h4-9,15H,3,10,21H2,1-2H3;1H. The third kappa shape index (κ3) is 4.47. The van der Waals surface area contributed by atoms with Gasteiger partial charge >= 0.3 is 5.97 Å². The van der Waals surface area contributed by atoms with Gasteiger partial charge in [-0.05, 0) is 37.1 Å². The highest BCUT2D eigenvalue weighted by atomic mass is 35.5. The zero-order chi connectivity index (χ0) is 17.0. The Morgan fingerprint density at radius 1 is 1.25 bits per heavy atom. The minimum atomic E-state index is -0.856. The van der Waals surface area contributed by atoms with Crippen molar-refractivity contribution < 1.29 is 13.9 Å². The average molecular weight is 372 g/mol. The topological polar surface area (TPSA) is 52.3 Å². The zero-order valence-electron chi connectivity index (χ0n) is 13.5. The molecule has 0 saturated carbocycles. The van der Waals surface area contributed by atoms with Crippen molar-refractivity contribution >= 4 is 30.0 Å². The quantitative estimate of drug-likeness (QED) is 0.765. The van der Waals surface area contributed by atoms with E-state index in [0.29, 0.717) is 5.56 Å². The molecule has 6 heteroatoms. The minimum absolute atomic E-state index is 0. The number of hydrogen-bond acceptors (Lipinski definition) is 3. The summed E-state index contributed by atoms with van der Waals surface area (Å²) in [4.78, 5) is 11.6. The predicted octanol–water partition coefficient (Wildman–Crippen LogP) is 4.83. The lowest BCUT2D eigenvalue weighted by Crippen LogP contribution is -2.19. The lowest BCUT2D eigenvalue weighted by molar-refractivity contribution is -0.143. The molecule has 1 unspecified atom stereocenters. The molecule has 0 aliphatic heterocycles. The molecule has 24 heavy (non-hydrogen) atoms. The van der Waals surface area contributed by atoms with Crippen molar-refractivity contribution in [3.05, 3.63) is 58.4 Å². The molecule has 0 saturated heterocycles. The van der Waals surface area contributed by atoms with Crippen molar-refractivity contribution in [3.8, 4) is 11.1 Å². The number of carbonyl (C=O) groups is 1. The van der Waals surface area contributed by atoms with E-state index in [4.69, 9.17) is 22.1 Å². The van der Waals surface area contributed by atoms with Gasteiger partial charge in [-0.3, -0.25) is 4.79 Å². The maximum Gasteiger partial charge on any atom is 0.307 e. The van der Waals surface area contributed by atoms with Crippen molar-refractivity contribution in [3.63, 3.8) is 0 Å². The maximum atomic E-state index is 14.2. The molecule has 2 aromatic carbocycles. The Morgan fingerprint density at radius 2 is 1.92 bits per heavy atom. The normalized spacial score (nSPS) is 11.5. The number of esters is 1. The van der Waals surface area contributed by atoms with E-state index >= 15 is 0 Å². The SMILES string of the molecule is CCOC(=O)CC(N)c1c(F)ccc(-c2ccccc2C)c1Cl.Cl. The van der Waals surface area contributed by atoms with Crippen LogP contribution in [-0.4, -0.2) is 12.6 Å². The van der Waals surface area contributed by atoms with Gasteiger partial charge in [0.05, 0.1) is 18.1 Å². The molecule has 0 aliphatic carbocycles. The van der Waals surface area contributed by atoms with Gasteiger partial charge in [0.15, 0.2) is 0 Å². The molecule has 0 fully saturated rings. The first-order valence-electron chi connectivity index (χ1n) is 7.40. The monoisotopic (exact) mass is 371 g/mol. The fourth-order valence-electron chi connectivity index (χ4n) is 2.49. The van der Waals surface area contributed by atoms with Gasteiger partial charge < -0.3 is 10.5 Å². The molecule has 2 N–H and O–H groups in total. The number of halogens is 3. The van der Waals surface area contributed by atoms with Crippen molar-refractivity contribution in [1.82, 2.24) is 0 Å². The summed E-state index contributed by atoms with van der Waals surface area (Å²) in [6, 6.07) is 9.77. The number of rotatable bonds is 5. The van der Waals surface area contributed by atoms with Gasteiger partial charge in [0, 0.05) is 17.2 Å². The number of hydrogen-bond donors (Lipinski definition) is 1. The Morgan fingerprint density at radius 3 is 2.54 bits per heavy atom. The van der Waals surface area contributed by atoms with Crippen LogP contribution in [0, 0.1) is 12.7 Å². The second-order valence-corrected chi connectivity index (χ2v) is 5.63. The van der Waals surface area contributed by atoms with E-state index in [2.05, 4.69) is 0 Å². The summed E-state index contributed by atoms with van der Waals surface area (Å²) < 4.78 is 19.1. The summed E-state index contributed by atoms with van der Waals surface area (Å²) in [5.41, 5.74) is 8.75. The van der Waals surface area contributed by atoms with Crippen LogP contribution in [0.3, 0.4) is 0 Å². The first kappa shape index (κ1) is 20.4. The summed E-state index contributed by atoms with van der Waals surface area (Å²) in [5, 5.41) is 0.232. The molecule has 0 aromatic heterocycles. The number of nitrogens with two attached hydrogens (primary N) is 1. The Kier molecular flexibility index (Phi) is 7.67. The van der Waals surface area contributed by atoms with E-state index in [1.54, 1.807) is 13.0 Å². The summed E-state index contributed by atoms with van der Waals surface area (Å²) in [5.74, 6) is -0.999. The molecular formula is C18H20Cl2FNO2. The van der Waals surface area contributed by atoms with Crippen LogP contribution in [-0.2, 0) is 9.53 Å². The van der Waals surface area contributed by atoms with E-state index in [1.165, 1.54) is 6.07 Å². The Hall–Kier alpha value is -1.62. The molecule has 2 aromatic rings. The van der Waals surface area contributed by atoms with Gasteiger partial charge in [0.1, 0.15) is 5.82 Å². The van der Waals surface area contributed by atoms with Gasteiger partial charge in [0.2, 0.25) is 0 Å². The molecule has 2 rings (SSSR count). The lowest BCUT2D eigenvalue weighted by Gasteiger charge is -2.17. The first-order chi connectivity index (χ1) is 11.0. The second-order valence-electron chi connectivity index (χ2n) is 5.25. The summed E-state index contributed by atoms with van der Waals surface area (Å²) in [6.45, 7) is 3.91. The van der Waals surface area contributed by atoms with Crippen LogP contribution in [0.5, 0.6) is 0 Å². The Balaban J connectivity index is 0.00000288. The molecule has 130 valence electrons. The highest BCUT2D eigenvalue weighted by molar-refractivity contribution is 6.34. The predicted molar refractivity (Wildman–Crippen MR) is 97.0 cm³/mol. The maximum absolute atomic E-state index is 14.2. The van der Waals surface area contributed by atoms with Crippen molar-refractivity contribution in [2.24, 2.45) is 5.73 Å². The van der Waals surface area contributed by atoms with Gasteiger partial charge in [0.25, 0.3) is 0 Å². The van der Waals surface area contributed by atoms with Gasteiger partial charge in [-0.2, -0.15) is 0 Å². The lowest BCUT2D eigenvalue weighted by atomic mass is 9.95. The van der Waals surface area contributed by atoms with E-state index in [-0.39, 0.29) is 36.0 Å². The number of aryl methyl sites for hydroxylation is 1. The molecule has 0 amide bonds. The van der Waals surface area contributed by atoms with Crippen LogP contribution in [0.2, 0.25) is 5.02 Å². The summed E-state index contributed by atoms with van der Waals surface area (Å²) >= 11 is 6.40. The fourth-order valence-corrected chi connectivity index (χ4v) is 2.89. The molecule has 0 radical (unpaired) electrons. The zero-order valence-corrected chi connectivity index (χ0v) is 15.1. The first-order valence-corrected chi connectivity index (χ1v) is 7.78. The Bertz CT molecular complexity index is 722. The van der Waals surface area contributed by atoms with Crippen LogP contribution in [0.1, 0.15) is 30.5 Å². The van der Waals surface area contributed by atoms with Crippen LogP contribution in [0.4, 0.5) is 4.39 Å². The fraction of sp³-hybridized carbons (Fsp3) is 0.278. The minimum Gasteiger partial charge on any atom is -0.466 e. The molecule has 3 nitrogen and oxygen atoms in total. The van der Waals surface area contributed by atoms with Gasteiger partial charge in [-0.25, -0.2) is 4.39 Å². The van der Waals surface area contributed by atoms with Crippen LogP contribution in [0.15, 0.2) is 36.4 Å². The third-order valence-corrected chi connectivity index (χ3v) is 4.03. The second kappa shape index (κ2) is 9.02. The highest BCUT2D eigenvalue weighted by Gasteiger charge is 2.22. The van der Waals surface area contributed by atoms with Gasteiger partial charge in [-0.1, -0.05) is 35.9 Å². The molecule has 1 atom stereocenters. The van der Waals surface area contributed by atoms with Crippen LogP contribution >= 0.6 is 24.0 Å². The smallest absolute Gasteiger partial charge is 0.307 e. The van der Waals surface area contributed by atoms with Crippen LogP contribution < -0.4 is 5.73 Å². The average Bonchev–Trinajstić information content (AvgIpc) is 2.48. The van der Waals surface area contributed by atoms with Crippen molar-refractivity contribution in [2.45, 2.75) is 26.3 Å². The van der Waals surface area contributed by atoms with Gasteiger partial charge in [-0.15, -0.1) is 12.4 Å². The molecule has 0 spiro atoms. The van der Waals surface area contributed by atoms with Crippen LogP contribution in [0.25, 0.3) is 11.1 Å². The van der Waals surface area contributed by atoms with E-state index in [9.17, 15) is 9.18 Å². The molecular weight excluding hydrogens is 352 g/mol. The van der Waals surface area contributed by atoms with Crippen molar-refractivity contribution in [1.29, 1.82) is 0 Å². The third-order valence-electron chi connectivity index (χ3n) is 3.62. The summed E-state index contributed by atoms with van der Waals surface area (Å²) in [7, 11) is 0.